The number of rotatable bonds is 36. The van der Waals surface area contributed by atoms with Crippen LogP contribution in [-0.2, 0) is 9.59 Å². The van der Waals surface area contributed by atoms with Gasteiger partial charge in [-0.1, -0.05) is 155 Å². The van der Waals surface area contributed by atoms with Gasteiger partial charge in [-0.15, -0.1) is 0 Å². The molecule has 0 rings (SSSR count). The van der Waals surface area contributed by atoms with Crippen LogP contribution in [0.3, 0.4) is 0 Å². The molecule has 0 aromatic heterocycles. The molecule has 0 fully saturated rings. The smallest absolute Gasteiger partial charge is 0.549 e. The van der Waals surface area contributed by atoms with Crippen molar-refractivity contribution in [2.75, 3.05) is 39.3 Å². The zero-order valence-corrected chi connectivity index (χ0v) is 39.8. The normalized spacial score (nSPS) is 14.1. The van der Waals surface area contributed by atoms with Gasteiger partial charge in [0.1, 0.15) is 0 Å². The van der Waals surface area contributed by atoms with Crippen LogP contribution in [0.15, 0.2) is 48.6 Å². The summed E-state index contributed by atoms with van der Waals surface area (Å²) in [6.45, 7) is 21.1. The van der Waals surface area contributed by atoms with Gasteiger partial charge in [-0.2, -0.15) is 0 Å². The number of hydrogen-bond donors (Lipinski definition) is 0. The third kappa shape index (κ3) is 45.7. The van der Waals surface area contributed by atoms with Crippen molar-refractivity contribution < 1.29 is 19.8 Å². The van der Waals surface area contributed by atoms with Crippen molar-refractivity contribution in [3.8, 4) is 0 Å². The van der Waals surface area contributed by atoms with Crippen molar-refractivity contribution in [1.82, 2.24) is 9.80 Å². The Morgan fingerprint density at radius 1 is 0.418 bits per heavy atom. The molecular weight excluding hydrogens is 709 g/mol. The maximum absolute atomic E-state index is 11.1. The Labute approximate surface area is 372 Å². The van der Waals surface area contributed by atoms with Gasteiger partial charge in [-0.25, -0.2) is 0 Å². The maximum Gasteiger partial charge on any atom is 2.00 e. The van der Waals surface area contributed by atoms with Gasteiger partial charge in [0, 0.05) is 39.3 Å². The Morgan fingerprint density at radius 3 is 0.818 bits per heavy atom. The van der Waals surface area contributed by atoms with E-state index in [0.717, 1.165) is 77.5 Å². The van der Waals surface area contributed by atoms with E-state index in [1.807, 2.05) is 0 Å². The van der Waals surface area contributed by atoms with Crippen molar-refractivity contribution in [1.29, 1.82) is 0 Å². The molecule has 0 amide bonds. The van der Waals surface area contributed by atoms with E-state index in [2.05, 4.69) is 114 Å². The molecule has 0 saturated heterocycles. The minimum atomic E-state index is -0.973. The first-order chi connectivity index (χ1) is 26.0. The van der Waals surface area contributed by atoms with Crippen molar-refractivity contribution in [2.45, 2.75) is 184 Å². The predicted molar refractivity (Wildman–Crippen MR) is 237 cm³/mol. The van der Waals surface area contributed by atoms with Gasteiger partial charge in [0.2, 0.25) is 0 Å². The Bertz CT molecular complexity index is 830. The zero-order chi connectivity index (χ0) is 40.7. The molecule has 0 saturated carbocycles. The van der Waals surface area contributed by atoms with Crippen molar-refractivity contribution >= 4 is 49.7 Å². The van der Waals surface area contributed by atoms with E-state index in [-0.39, 0.29) is 50.8 Å². The van der Waals surface area contributed by atoms with Gasteiger partial charge in [0.05, 0.1) is 11.9 Å². The van der Waals surface area contributed by atoms with E-state index < -0.39 is 11.9 Å². The molecule has 0 aliphatic carbocycles. The minimum absolute atomic E-state index is 0. The fourth-order valence-electron chi connectivity index (χ4n) is 6.67. The molecule has 55 heavy (non-hydrogen) atoms. The van der Waals surface area contributed by atoms with Gasteiger partial charge in [-0.05, 0) is 101 Å². The van der Waals surface area contributed by atoms with Crippen LogP contribution in [0.4, 0.5) is 0 Å². The molecule has 4 unspecified atom stereocenters. The Kier molecular flexibility index (Phi) is 46.9. The molecule has 0 N–H and O–H groups in total. The number of allylic oxidation sites excluding steroid dienone is 8. The molecule has 0 bridgehead atoms. The van der Waals surface area contributed by atoms with Gasteiger partial charge < -0.3 is 19.8 Å². The van der Waals surface area contributed by atoms with E-state index >= 15 is 0 Å². The standard InChI is InChI=1S/2C24H45NO2.Ca/c2*1-5-7-9-11-13-15-17-22(3)19-25(21-24(26)27)20-23(4)18-16-14-12-10-8-6-2;/h2*13-16,22-23H,5-12,17-21H2,1-4H3,(H,26,27);/q;;+2/p-2/b2*15-13+,16-14+;. The van der Waals surface area contributed by atoms with Gasteiger partial charge in [-0.3, -0.25) is 9.80 Å². The van der Waals surface area contributed by atoms with E-state index in [4.69, 9.17) is 0 Å². The summed E-state index contributed by atoms with van der Waals surface area (Å²) in [4.78, 5) is 26.3. The number of unbranched alkanes of at least 4 members (excludes halogenated alkanes) is 12. The Morgan fingerprint density at radius 2 is 0.636 bits per heavy atom. The first-order valence-corrected chi connectivity index (χ1v) is 22.4. The summed E-state index contributed by atoms with van der Waals surface area (Å²) in [5, 5.41) is 22.2. The fraction of sp³-hybridized carbons (Fsp3) is 0.792. The van der Waals surface area contributed by atoms with Gasteiger partial charge in [0.15, 0.2) is 0 Å². The molecule has 0 spiro atoms. The van der Waals surface area contributed by atoms with Crippen molar-refractivity contribution in [3.05, 3.63) is 48.6 Å². The molecule has 0 aromatic rings. The van der Waals surface area contributed by atoms with Crippen LogP contribution in [0.25, 0.3) is 0 Å². The molecule has 0 aliphatic rings. The third-order valence-corrected chi connectivity index (χ3v) is 9.70. The summed E-state index contributed by atoms with van der Waals surface area (Å²) < 4.78 is 0. The predicted octanol–water partition coefficient (Wildman–Crippen LogP) is 10.3. The van der Waals surface area contributed by atoms with E-state index in [1.54, 1.807) is 0 Å². The number of carbonyl (C=O) groups excluding carboxylic acids is 2. The topological polar surface area (TPSA) is 86.7 Å². The number of carbonyl (C=O) groups is 2. The zero-order valence-electron chi connectivity index (χ0n) is 37.5. The molecule has 0 heterocycles. The molecule has 4 atom stereocenters. The maximum atomic E-state index is 11.1. The summed E-state index contributed by atoms with van der Waals surface area (Å²) in [6, 6.07) is 0. The molecule has 316 valence electrons. The first-order valence-electron chi connectivity index (χ1n) is 22.4. The second-order valence-electron chi connectivity index (χ2n) is 16.4. The minimum Gasteiger partial charge on any atom is -0.549 e. The van der Waals surface area contributed by atoms with E-state index in [0.29, 0.717) is 23.7 Å². The number of aliphatic carboxylic acids is 2. The summed E-state index contributed by atoms with van der Waals surface area (Å²) in [6.07, 6.45) is 42.1. The van der Waals surface area contributed by atoms with Gasteiger partial charge >= 0.3 is 37.7 Å². The van der Waals surface area contributed by atoms with Crippen LogP contribution in [0.1, 0.15) is 184 Å². The third-order valence-electron chi connectivity index (χ3n) is 9.70. The molecule has 7 heteroatoms. The number of nitrogens with zero attached hydrogens (tertiary/aromatic N) is 2. The first kappa shape index (κ1) is 58.4. The summed E-state index contributed by atoms with van der Waals surface area (Å²) in [7, 11) is 0. The molecule has 0 aromatic carbocycles. The monoisotopic (exact) mass is 797 g/mol. The van der Waals surface area contributed by atoms with Crippen LogP contribution < -0.4 is 10.2 Å². The average Bonchev–Trinajstić information content (AvgIpc) is 3.10. The van der Waals surface area contributed by atoms with Crippen molar-refractivity contribution in [3.63, 3.8) is 0 Å². The molecule has 6 nitrogen and oxygen atoms in total. The van der Waals surface area contributed by atoms with Crippen LogP contribution in [0, 0.1) is 23.7 Å². The van der Waals surface area contributed by atoms with Crippen LogP contribution in [0.5, 0.6) is 0 Å². The fourth-order valence-corrected chi connectivity index (χ4v) is 6.67. The van der Waals surface area contributed by atoms with E-state index in [1.165, 1.54) is 77.0 Å². The molecular formula is C48H88CaN2O4. The van der Waals surface area contributed by atoms with Gasteiger partial charge in [0.25, 0.3) is 0 Å². The summed E-state index contributed by atoms with van der Waals surface area (Å²) >= 11 is 0. The largest absolute Gasteiger partial charge is 2.00 e. The average molecular weight is 797 g/mol. The van der Waals surface area contributed by atoms with Crippen molar-refractivity contribution in [2.24, 2.45) is 23.7 Å². The SMILES string of the molecule is CCCCC/C=C/CC(C)CN(CC(=O)[O-])CC(C)C/C=C/CCCCC.CCCCC/C=C/CC(C)CN(CC(=O)[O-])CC(C)C/C=C/CCCCC.[Ca+2]. The summed E-state index contributed by atoms with van der Waals surface area (Å²) in [5.41, 5.74) is 0. The number of carboxylic acid groups (broad SMARTS) is 2. The van der Waals surface area contributed by atoms with Crippen LogP contribution >= 0.6 is 0 Å². The quantitative estimate of drug-likeness (QED) is 0.0357. The second kappa shape index (κ2) is 44.2. The summed E-state index contributed by atoms with van der Waals surface area (Å²) in [5.74, 6) is -0.0986. The molecule has 0 aliphatic heterocycles. The second-order valence-corrected chi connectivity index (χ2v) is 16.4. The van der Waals surface area contributed by atoms with E-state index in [9.17, 15) is 19.8 Å². The Balaban J connectivity index is -0.000000966. The van der Waals surface area contributed by atoms with Crippen LogP contribution in [-0.4, -0.2) is 98.7 Å². The number of hydrogen-bond acceptors (Lipinski definition) is 6. The van der Waals surface area contributed by atoms with Crippen LogP contribution in [0.2, 0.25) is 0 Å². The Hall–Kier alpha value is -0.920. The molecule has 0 radical (unpaired) electrons. The number of carboxylic acids is 2.